The minimum absolute atomic E-state index is 0.423. The Labute approximate surface area is 79.5 Å². The van der Waals surface area contributed by atoms with Crippen molar-refractivity contribution in [2.75, 3.05) is 13.1 Å². The molecule has 1 rings (SSSR count). The summed E-state index contributed by atoms with van der Waals surface area (Å²) < 4.78 is 0. The van der Waals surface area contributed by atoms with Crippen LogP contribution in [-0.4, -0.2) is 24.2 Å². The topological polar surface area (TPSA) is 49.3 Å². The fourth-order valence-corrected chi connectivity index (χ4v) is 1.70. The summed E-state index contributed by atoms with van der Waals surface area (Å²) >= 11 is 0. The summed E-state index contributed by atoms with van der Waals surface area (Å²) in [5.74, 6) is -0.622. The van der Waals surface area contributed by atoms with Crippen LogP contribution in [0.15, 0.2) is 0 Å². The quantitative estimate of drug-likeness (QED) is 0.618. The summed E-state index contributed by atoms with van der Waals surface area (Å²) in [5.41, 5.74) is -0.423. The number of hydrogen-bond acceptors (Lipinski definition) is 2. The van der Waals surface area contributed by atoms with Gasteiger partial charge in [0, 0.05) is 6.54 Å². The molecular weight excluding hydrogens is 166 g/mol. The molecule has 1 aliphatic rings. The predicted molar refractivity (Wildman–Crippen MR) is 51.7 cm³/mol. The van der Waals surface area contributed by atoms with Crippen LogP contribution in [0.3, 0.4) is 0 Å². The third kappa shape index (κ3) is 2.44. The Hall–Kier alpha value is -0.570. The fraction of sp³-hybridized carbons (Fsp3) is 0.900. The van der Waals surface area contributed by atoms with E-state index in [1.54, 1.807) is 0 Å². The molecule has 0 unspecified atom stereocenters. The molecule has 13 heavy (non-hydrogen) atoms. The first-order chi connectivity index (χ1) is 6.21. The first kappa shape index (κ1) is 10.5. The third-order valence-electron chi connectivity index (χ3n) is 2.93. The van der Waals surface area contributed by atoms with Crippen molar-refractivity contribution < 1.29 is 9.90 Å². The SMILES string of the molecule is CCCCNCC1(C(=O)O)CCC1. The number of nitrogens with one attached hydrogen (secondary N) is 1. The second-order valence-corrected chi connectivity index (χ2v) is 3.97. The molecule has 1 aliphatic carbocycles. The van der Waals surface area contributed by atoms with Gasteiger partial charge >= 0.3 is 5.97 Å². The van der Waals surface area contributed by atoms with Gasteiger partial charge in [-0.1, -0.05) is 19.8 Å². The Balaban J connectivity index is 2.21. The van der Waals surface area contributed by atoms with E-state index in [-0.39, 0.29) is 0 Å². The maximum Gasteiger partial charge on any atom is 0.310 e. The standard InChI is InChI=1S/C10H19NO2/c1-2-3-7-11-8-10(9(12)13)5-4-6-10/h11H,2-8H2,1H3,(H,12,13). The van der Waals surface area contributed by atoms with Crippen molar-refractivity contribution in [3.05, 3.63) is 0 Å². The predicted octanol–water partition coefficient (Wildman–Crippen LogP) is 1.63. The van der Waals surface area contributed by atoms with E-state index < -0.39 is 11.4 Å². The summed E-state index contributed by atoms with van der Waals surface area (Å²) in [6, 6.07) is 0. The molecule has 0 spiro atoms. The van der Waals surface area contributed by atoms with Crippen molar-refractivity contribution in [3.63, 3.8) is 0 Å². The Kier molecular flexibility index (Phi) is 3.72. The van der Waals surface area contributed by atoms with Gasteiger partial charge in [0.15, 0.2) is 0 Å². The molecule has 0 amide bonds. The van der Waals surface area contributed by atoms with E-state index in [1.165, 1.54) is 0 Å². The van der Waals surface area contributed by atoms with Gasteiger partial charge in [-0.15, -0.1) is 0 Å². The molecule has 0 saturated heterocycles. The highest BCUT2D eigenvalue weighted by Crippen LogP contribution is 2.40. The number of rotatable bonds is 6. The highest BCUT2D eigenvalue weighted by atomic mass is 16.4. The van der Waals surface area contributed by atoms with Crippen LogP contribution in [0.25, 0.3) is 0 Å². The summed E-state index contributed by atoms with van der Waals surface area (Å²) in [5, 5.41) is 12.2. The molecule has 0 radical (unpaired) electrons. The summed E-state index contributed by atoms with van der Waals surface area (Å²) in [6.07, 6.45) is 5.06. The maximum atomic E-state index is 10.9. The number of unbranched alkanes of at least 4 members (excludes halogenated alkanes) is 1. The highest BCUT2D eigenvalue weighted by molar-refractivity contribution is 5.76. The van der Waals surface area contributed by atoms with Crippen LogP contribution in [0, 0.1) is 5.41 Å². The van der Waals surface area contributed by atoms with Gasteiger partial charge in [0.25, 0.3) is 0 Å². The third-order valence-corrected chi connectivity index (χ3v) is 2.93. The minimum Gasteiger partial charge on any atom is -0.481 e. The second-order valence-electron chi connectivity index (χ2n) is 3.97. The van der Waals surface area contributed by atoms with Crippen molar-refractivity contribution in [1.29, 1.82) is 0 Å². The van der Waals surface area contributed by atoms with Gasteiger partial charge in [-0.3, -0.25) is 4.79 Å². The molecule has 0 aromatic rings. The molecule has 0 atom stereocenters. The van der Waals surface area contributed by atoms with E-state index in [1.807, 2.05) is 0 Å². The zero-order valence-corrected chi connectivity index (χ0v) is 8.31. The average molecular weight is 185 g/mol. The van der Waals surface area contributed by atoms with Crippen molar-refractivity contribution in [3.8, 4) is 0 Å². The second kappa shape index (κ2) is 4.61. The monoisotopic (exact) mass is 185 g/mol. The normalized spacial score (nSPS) is 19.5. The zero-order chi connectivity index (χ0) is 9.73. The van der Waals surface area contributed by atoms with Crippen LogP contribution in [0.5, 0.6) is 0 Å². The summed E-state index contributed by atoms with van der Waals surface area (Å²) in [7, 11) is 0. The van der Waals surface area contributed by atoms with Gasteiger partial charge in [0.2, 0.25) is 0 Å². The summed E-state index contributed by atoms with van der Waals surface area (Å²) in [6.45, 7) is 3.74. The molecular formula is C10H19NO2. The van der Waals surface area contributed by atoms with E-state index in [0.717, 1.165) is 38.6 Å². The average Bonchev–Trinajstić information content (AvgIpc) is 2.01. The van der Waals surface area contributed by atoms with Crippen molar-refractivity contribution >= 4 is 5.97 Å². The van der Waals surface area contributed by atoms with Gasteiger partial charge in [-0.25, -0.2) is 0 Å². The van der Waals surface area contributed by atoms with Crippen molar-refractivity contribution in [2.24, 2.45) is 5.41 Å². The molecule has 0 aromatic carbocycles. The molecule has 0 heterocycles. The lowest BCUT2D eigenvalue weighted by molar-refractivity contribution is -0.154. The fourth-order valence-electron chi connectivity index (χ4n) is 1.70. The Bertz CT molecular complexity index is 176. The molecule has 76 valence electrons. The van der Waals surface area contributed by atoms with E-state index >= 15 is 0 Å². The lowest BCUT2D eigenvalue weighted by Crippen LogP contribution is -2.46. The highest BCUT2D eigenvalue weighted by Gasteiger charge is 2.43. The Morgan fingerprint density at radius 3 is 2.62 bits per heavy atom. The number of carboxylic acid groups (broad SMARTS) is 1. The van der Waals surface area contributed by atoms with Crippen molar-refractivity contribution in [1.82, 2.24) is 5.32 Å². The molecule has 1 fully saturated rings. The number of aliphatic carboxylic acids is 1. The number of carbonyl (C=O) groups is 1. The van der Waals surface area contributed by atoms with Gasteiger partial charge in [0.1, 0.15) is 0 Å². The van der Waals surface area contributed by atoms with Crippen LogP contribution in [0.4, 0.5) is 0 Å². The first-order valence-corrected chi connectivity index (χ1v) is 5.15. The molecule has 0 aromatic heterocycles. The van der Waals surface area contributed by atoms with E-state index in [4.69, 9.17) is 5.11 Å². The maximum absolute atomic E-state index is 10.9. The van der Waals surface area contributed by atoms with Crippen LogP contribution in [-0.2, 0) is 4.79 Å². The molecule has 0 bridgehead atoms. The van der Waals surface area contributed by atoms with Crippen LogP contribution in [0.2, 0.25) is 0 Å². The van der Waals surface area contributed by atoms with Crippen LogP contribution < -0.4 is 5.32 Å². The van der Waals surface area contributed by atoms with E-state index in [0.29, 0.717) is 6.54 Å². The number of carboxylic acids is 1. The van der Waals surface area contributed by atoms with Gasteiger partial charge in [0.05, 0.1) is 5.41 Å². The lowest BCUT2D eigenvalue weighted by atomic mass is 9.69. The summed E-state index contributed by atoms with van der Waals surface area (Å²) in [4.78, 5) is 10.9. The molecule has 2 N–H and O–H groups in total. The number of hydrogen-bond donors (Lipinski definition) is 2. The Morgan fingerprint density at radius 1 is 1.54 bits per heavy atom. The lowest BCUT2D eigenvalue weighted by Gasteiger charge is -2.37. The minimum atomic E-state index is -0.622. The van der Waals surface area contributed by atoms with Crippen molar-refractivity contribution in [2.45, 2.75) is 39.0 Å². The Morgan fingerprint density at radius 2 is 2.23 bits per heavy atom. The van der Waals surface area contributed by atoms with Gasteiger partial charge < -0.3 is 10.4 Å². The van der Waals surface area contributed by atoms with E-state index in [9.17, 15) is 4.79 Å². The smallest absolute Gasteiger partial charge is 0.310 e. The van der Waals surface area contributed by atoms with Gasteiger partial charge in [-0.05, 0) is 25.8 Å². The largest absolute Gasteiger partial charge is 0.481 e. The van der Waals surface area contributed by atoms with E-state index in [2.05, 4.69) is 12.2 Å². The van der Waals surface area contributed by atoms with Gasteiger partial charge in [-0.2, -0.15) is 0 Å². The molecule has 3 heteroatoms. The molecule has 1 saturated carbocycles. The van der Waals surface area contributed by atoms with Crippen LogP contribution >= 0.6 is 0 Å². The zero-order valence-electron chi connectivity index (χ0n) is 8.31. The van der Waals surface area contributed by atoms with Crippen LogP contribution in [0.1, 0.15) is 39.0 Å². The first-order valence-electron chi connectivity index (χ1n) is 5.15. The molecule has 3 nitrogen and oxygen atoms in total. The molecule has 0 aliphatic heterocycles.